The molecule has 20 heavy (non-hydrogen) atoms. The van der Waals surface area contributed by atoms with E-state index in [0.29, 0.717) is 11.3 Å². The molecule has 4 N–H and O–H groups in total. The van der Waals surface area contributed by atoms with Gasteiger partial charge in [0.2, 0.25) is 0 Å². The molecule has 0 heterocycles. The summed E-state index contributed by atoms with van der Waals surface area (Å²) in [5.74, 6) is -1.09. The largest absolute Gasteiger partial charge is 0.409 e. The smallest absolute Gasteiger partial charge is 0.170 e. The molecule has 104 valence electrons. The first-order valence-corrected chi connectivity index (χ1v) is 5.86. The van der Waals surface area contributed by atoms with Crippen LogP contribution in [0.25, 0.3) is 0 Å². The van der Waals surface area contributed by atoms with Crippen molar-refractivity contribution in [3.05, 3.63) is 65.2 Å². The second kappa shape index (κ2) is 6.01. The van der Waals surface area contributed by atoms with Crippen molar-refractivity contribution in [2.45, 2.75) is 6.54 Å². The number of amidine groups is 1. The molecule has 0 amide bonds. The summed E-state index contributed by atoms with van der Waals surface area (Å²) in [7, 11) is 0. The average Bonchev–Trinajstić information content (AvgIpc) is 2.46. The minimum atomic E-state index is -0.516. The quantitative estimate of drug-likeness (QED) is 0.348. The highest BCUT2D eigenvalue weighted by Gasteiger charge is 2.07. The van der Waals surface area contributed by atoms with Crippen LogP contribution in [0.15, 0.2) is 47.6 Å². The van der Waals surface area contributed by atoms with Gasteiger partial charge in [0.1, 0.15) is 11.6 Å². The van der Waals surface area contributed by atoms with E-state index >= 15 is 0 Å². The van der Waals surface area contributed by atoms with E-state index < -0.39 is 11.6 Å². The van der Waals surface area contributed by atoms with Gasteiger partial charge >= 0.3 is 0 Å². The molecule has 4 nitrogen and oxygen atoms in total. The summed E-state index contributed by atoms with van der Waals surface area (Å²) in [5.41, 5.74) is 6.29. The van der Waals surface area contributed by atoms with Gasteiger partial charge in [-0.2, -0.15) is 0 Å². The fraction of sp³-hybridized carbons (Fsp3) is 0.0714. The van der Waals surface area contributed by atoms with Gasteiger partial charge in [-0.3, -0.25) is 0 Å². The van der Waals surface area contributed by atoms with Crippen molar-refractivity contribution in [1.29, 1.82) is 0 Å². The Kier molecular flexibility index (Phi) is 4.14. The number of hydrogen-bond donors (Lipinski definition) is 3. The standard InChI is InChI=1S/C14H13F2N3O/c15-11-3-1-2-4-13(11)18-8-10-6-5-9(7-12(10)16)14(17)19-20/h1-7,18,20H,8H2,(H2,17,19). The predicted molar refractivity (Wildman–Crippen MR) is 72.6 cm³/mol. The number of anilines is 1. The highest BCUT2D eigenvalue weighted by molar-refractivity contribution is 5.97. The molecule has 0 aliphatic carbocycles. The molecule has 0 radical (unpaired) electrons. The molecular weight excluding hydrogens is 264 g/mol. The number of para-hydroxylation sites is 1. The van der Waals surface area contributed by atoms with Gasteiger partial charge in [-0.25, -0.2) is 8.78 Å². The molecule has 0 fully saturated rings. The van der Waals surface area contributed by atoms with Gasteiger partial charge in [0.15, 0.2) is 5.84 Å². The van der Waals surface area contributed by atoms with Crippen LogP contribution in [0.3, 0.4) is 0 Å². The maximum Gasteiger partial charge on any atom is 0.170 e. The summed E-state index contributed by atoms with van der Waals surface area (Å²) in [6.07, 6.45) is 0. The Labute approximate surface area is 114 Å². The first-order valence-electron chi connectivity index (χ1n) is 5.86. The van der Waals surface area contributed by atoms with Crippen LogP contribution in [-0.2, 0) is 6.54 Å². The lowest BCUT2D eigenvalue weighted by Gasteiger charge is -2.09. The van der Waals surface area contributed by atoms with Crippen molar-refractivity contribution in [2.24, 2.45) is 10.9 Å². The highest BCUT2D eigenvalue weighted by Crippen LogP contribution is 2.16. The maximum absolute atomic E-state index is 13.8. The monoisotopic (exact) mass is 277 g/mol. The summed E-state index contributed by atoms with van der Waals surface area (Å²) in [6, 6.07) is 10.3. The predicted octanol–water partition coefficient (Wildman–Crippen LogP) is 2.67. The zero-order valence-electron chi connectivity index (χ0n) is 10.5. The maximum atomic E-state index is 13.8. The summed E-state index contributed by atoms with van der Waals surface area (Å²) < 4.78 is 27.2. The molecule has 0 saturated heterocycles. The third kappa shape index (κ3) is 3.03. The summed E-state index contributed by atoms with van der Waals surface area (Å²) in [5, 5.41) is 14.1. The summed E-state index contributed by atoms with van der Waals surface area (Å²) >= 11 is 0. The molecule has 0 bridgehead atoms. The van der Waals surface area contributed by atoms with Crippen molar-refractivity contribution in [3.63, 3.8) is 0 Å². The van der Waals surface area contributed by atoms with Crippen molar-refractivity contribution in [1.82, 2.24) is 0 Å². The second-order valence-corrected chi connectivity index (χ2v) is 4.12. The SMILES string of the molecule is NC(=NO)c1ccc(CNc2ccccc2F)c(F)c1. The summed E-state index contributed by atoms with van der Waals surface area (Å²) in [6.45, 7) is 0.128. The van der Waals surface area contributed by atoms with Gasteiger partial charge in [-0.1, -0.05) is 29.4 Å². The molecule has 2 aromatic rings. The number of nitrogens with one attached hydrogen (secondary N) is 1. The van der Waals surface area contributed by atoms with Crippen LogP contribution in [0, 0.1) is 11.6 Å². The van der Waals surface area contributed by atoms with Crippen molar-refractivity contribution in [2.75, 3.05) is 5.32 Å². The summed E-state index contributed by atoms with van der Waals surface area (Å²) in [4.78, 5) is 0. The fourth-order valence-electron chi connectivity index (χ4n) is 1.70. The molecular formula is C14H13F2N3O. The number of halogens is 2. The number of nitrogens with zero attached hydrogens (tertiary/aromatic N) is 1. The molecule has 0 saturated carbocycles. The van der Waals surface area contributed by atoms with Crippen LogP contribution in [0.4, 0.5) is 14.5 Å². The second-order valence-electron chi connectivity index (χ2n) is 4.12. The Morgan fingerprint density at radius 2 is 1.90 bits per heavy atom. The van der Waals surface area contributed by atoms with Crippen LogP contribution in [0.5, 0.6) is 0 Å². The average molecular weight is 277 g/mol. The Bertz CT molecular complexity index is 644. The lowest BCUT2D eigenvalue weighted by atomic mass is 10.1. The molecule has 6 heteroatoms. The van der Waals surface area contributed by atoms with Crippen LogP contribution in [0.1, 0.15) is 11.1 Å². The van der Waals surface area contributed by atoms with E-state index in [1.807, 2.05) is 0 Å². The number of nitrogens with two attached hydrogens (primary N) is 1. The van der Waals surface area contributed by atoms with Gasteiger partial charge in [-0.05, 0) is 18.2 Å². The van der Waals surface area contributed by atoms with Gasteiger partial charge in [-0.15, -0.1) is 0 Å². The van der Waals surface area contributed by atoms with Crippen LogP contribution in [-0.4, -0.2) is 11.0 Å². The van der Waals surface area contributed by atoms with Crippen LogP contribution in [0.2, 0.25) is 0 Å². The van der Waals surface area contributed by atoms with Gasteiger partial charge in [0.05, 0.1) is 5.69 Å². The Balaban J connectivity index is 2.13. The van der Waals surface area contributed by atoms with E-state index in [-0.39, 0.29) is 17.9 Å². The Morgan fingerprint density at radius 3 is 2.55 bits per heavy atom. The third-order valence-corrected chi connectivity index (χ3v) is 2.80. The lowest BCUT2D eigenvalue weighted by Crippen LogP contribution is -2.14. The molecule has 0 aromatic heterocycles. The van der Waals surface area contributed by atoms with Gasteiger partial charge < -0.3 is 16.3 Å². The Hall–Kier alpha value is -2.63. The lowest BCUT2D eigenvalue weighted by molar-refractivity contribution is 0.318. The first-order chi connectivity index (χ1) is 9.61. The zero-order chi connectivity index (χ0) is 14.5. The molecule has 0 aliphatic heterocycles. The first kappa shape index (κ1) is 13.8. The van der Waals surface area contributed by atoms with Crippen molar-refractivity contribution >= 4 is 11.5 Å². The van der Waals surface area contributed by atoms with E-state index in [9.17, 15) is 8.78 Å². The van der Waals surface area contributed by atoms with E-state index in [0.717, 1.165) is 6.07 Å². The molecule has 0 aliphatic rings. The van der Waals surface area contributed by atoms with Crippen molar-refractivity contribution < 1.29 is 14.0 Å². The minimum absolute atomic E-state index is 0.128. The van der Waals surface area contributed by atoms with Gasteiger partial charge in [0, 0.05) is 17.7 Å². The third-order valence-electron chi connectivity index (χ3n) is 2.80. The number of benzene rings is 2. The van der Waals surface area contributed by atoms with Crippen LogP contribution < -0.4 is 11.1 Å². The zero-order valence-corrected chi connectivity index (χ0v) is 10.5. The Morgan fingerprint density at radius 1 is 1.15 bits per heavy atom. The number of rotatable bonds is 4. The fourth-order valence-corrected chi connectivity index (χ4v) is 1.70. The highest BCUT2D eigenvalue weighted by atomic mass is 19.1. The van der Waals surface area contributed by atoms with E-state index in [1.165, 1.54) is 18.2 Å². The molecule has 0 atom stereocenters. The molecule has 0 spiro atoms. The number of oxime groups is 1. The van der Waals surface area contributed by atoms with Crippen LogP contribution >= 0.6 is 0 Å². The molecule has 2 rings (SSSR count). The van der Waals surface area contributed by atoms with E-state index in [1.54, 1.807) is 18.2 Å². The van der Waals surface area contributed by atoms with Crippen molar-refractivity contribution in [3.8, 4) is 0 Å². The minimum Gasteiger partial charge on any atom is -0.409 e. The molecule has 0 unspecified atom stereocenters. The van der Waals surface area contributed by atoms with Gasteiger partial charge in [0.25, 0.3) is 0 Å². The topological polar surface area (TPSA) is 70.6 Å². The normalized spacial score (nSPS) is 11.4. The molecule has 2 aromatic carbocycles. The van der Waals surface area contributed by atoms with E-state index in [2.05, 4.69) is 10.5 Å². The van der Waals surface area contributed by atoms with E-state index in [4.69, 9.17) is 10.9 Å². The number of hydrogen-bond acceptors (Lipinski definition) is 3.